The third kappa shape index (κ3) is 6.45. The number of carbonyl (C=O) groups excluding carboxylic acids is 2. The quantitative estimate of drug-likeness (QED) is 0.208. The van der Waals surface area contributed by atoms with Gasteiger partial charge in [0.2, 0.25) is 0 Å². The van der Waals surface area contributed by atoms with Crippen molar-refractivity contribution in [2.75, 3.05) is 11.9 Å². The predicted molar refractivity (Wildman–Crippen MR) is 127 cm³/mol. The monoisotopic (exact) mass is 460 g/mol. The fourth-order valence-corrected chi connectivity index (χ4v) is 3.09. The van der Waals surface area contributed by atoms with E-state index in [-0.39, 0.29) is 11.3 Å². The molecular weight excluding hydrogens is 440 g/mol. The maximum atomic E-state index is 12.5. The summed E-state index contributed by atoms with van der Waals surface area (Å²) in [6.45, 7) is 4.06. The van der Waals surface area contributed by atoms with Gasteiger partial charge in [0, 0.05) is 10.7 Å². The number of rotatable bonds is 7. The van der Waals surface area contributed by atoms with Crippen LogP contribution in [0.3, 0.4) is 0 Å². The molecule has 1 N–H and O–H groups in total. The third-order valence-corrected chi connectivity index (χ3v) is 4.75. The van der Waals surface area contributed by atoms with Crippen molar-refractivity contribution >= 4 is 35.2 Å². The number of nitriles is 1. The van der Waals surface area contributed by atoms with Crippen LogP contribution >= 0.6 is 11.6 Å². The lowest BCUT2D eigenvalue weighted by atomic mass is 10.1. The topological polar surface area (TPSA) is 88.4 Å². The molecule has 0 fully saturated rings. The summed E-state index contributed by atoms with van der Waals surface area (Å²) in [5, 5.41) is 12.6. The van der Waals surface area contributed by atoms with Crippen LogP contribution in [-0.2, 0) is 4.79 Å². The molecule has 3 aromatic rings. The zero-order chi connectivity index (χ0) is 23.8. The summed E-state index contributed by atoms with van der Waals surface area (Å²) in [5.41, 5.74) is 2.34. The highest BCUT2D eigenvalue weighted by molar-refractivity contribution is 6.31. The van der Waals surface area contributed by atoms with Gasteiger partial charge < -0.3 is 14.8 Å². The molecule has 7 heteroatoms. The Labute approximate surface area is 197 Å². The van der Waals surface area contributed by atoms with Crippen LogP contribution < -0.4 is 14.8 Å². The summed E-state index contributed by atoms with van der Waals surface area (Å²) in [5.74, 6) is -0.536. The summed E-state index contributed by atoms with van der Waals surface area (Å²) < 4.78 is 11.1. The lowest BCUT2D eigenvalue weighted by Crippen LogP contribution is -2.13. The van der Waals surface area contributed by atoms with E-state index in [4.69, 9.17) is 21.1 Å². The number of halogens is 1. The molecule has 0 radical (unpaired) electrons. The van der Waals surface area contributed by atoms with Gasteiger partial charge in [0.15, 0.2) is 11.5 Å². The third-order valence-electron chi connectivity index (χ3n) is 4.52. The Morgan fingerprint density at radius 1 is 1.06 bits per heavy atom. The smallest absolute Gasteiger partial charge is 0.343 e. The Bertz CT molecular complexity index is 1240. The number of benzene rings is 3. The average Bonchev–Trinajstić information content (AvgIpc) is 2.79. The van der Waals surface area contributed by atoms with Crippen molar-refractivity contribution in [1.82, 2.24) is 0 Å². The zero-order valence-electron chi connectivity index (χ0n) is 18.1. The lowest BCUT2D eigenvalue weighted by Gasteiger charge is -2.12. The second-order valence-corrected chi connectivity index (χ2v) is 7.47. The number of esters is 1. The molecule has 0 saturated carbocycles. The zero-order valence-corrected chi connectivity index (χ0v) is 18.8. The first-order valence-electron chi connectivity index (χ1n) is 10.1. The molecule has 0 heterocycles. The summed E-state index contributed by atoms with van der Waals surface area (Å²) in [6.07, 6.45) is 1.42. The van der Waals surface area contributed by atoms with Gasteiger partial charge in [-0.15, -0.1) is 0 Å². The highest BCUT2D eigenvalue weighted by Crippen LogP contribution is 2.30. The minimum Gasteiger partial charge on any atom is -0.490 e. The molecule has 0 aliphatic carbocycles. The molecular formula is C26H21ClN2O4. The van der Waals surface area contributed by atoms with Crippen molar-refractivity contribution in [3.8, 4) is 17.6 Å². The van der Waals surface area contributed by atoms with E-state index in [1.54, 1.807) is 61.5 Å². The van der Waals surface area contributed by atoms with Crippen molar-refractivity contribution in [1.29, 1.82) is 5.26 Å². The van der Waals surface area contributed by atoms with E-state index in [9.17, 15) is 14.9 Å². The van der Waals surface area contributed by atoms with Crippen molar-refractivity contribution in [2.45, 2.75) is 13.8 Å². The first-order chi connectivity index (χ1) is 15.9. The molecule has 0 saturated heterocycles. The van der Waals surface area contributed by atoms with Crippen LogP contribution in [0, 0.1) is 18.3 Å². The number of hydrogen-bond donors (Lipinski definition) is 1. The summed E-state index contributed by atoms with van der Waals surface area (Å²) in [7, 11) is 0. The minimum absolute atomic E-state index is 0.109. The van der Waals surface area contributed by atoms with Crippen LogP contribution in [0.5, 0.6) is 11.5 Å². The fourth-order valence-electron chi connectivity index (χ4n) is 2.90. The minimum atomic E-state index is -0.576. The van der Waals surface area contributed by atoms with Crippen molar-refractivity contribution in [3.05, 3.63) is 94.0 Å². The summed E-state index contributed by atoms with van der Waals surface area (Å²) in [4.78, 5) is 25.0. The van der Waals surface area contributed by atoms with Crippen LogP contribution in [0.4, 0.5) is 5.69 Å². The Morgan fingerprint density at radius 3 is 2.48 bits per heavy atom. The van der Waals surface area contributed by atoms with Gasteiger partial charge >= 0.3 is 5.97 Å². The Balaban J connectivity index is 1.82. The van der Waals surface area contributed by atoms with Crippen molar-refractivity contribution < 1.29 is 19.1 Å². The average molecular weight is 461 g/mol. The molecule has 3 rings (SSSR count). The summed E-state index contributed by atoms with van der Waals surface area (Å²) >= 11 is 5.93. The molecule has 3 aromatic carbocycles. The van der Waals surface area contributed by atoms with E-state index in [0.29, 0.717) is 34.2 Å². The van der Waals surface area contributed by atoms with Gasteiger partial charge in [-0.25, -0.2) is 4.79 Å². The molecule has 0 aromatic heterocycles. The van der Waals surface area contributed by atoms with Crippen molar-refractivity contribution in [3.63, 3.8) is 0 Å². The number of ether oxygens (including phenoxy) is 2. The number of carbonyl (C=O) groups is 2. The molecule has 33 heavy (non-hydrogen) atoms. The van der Waals surface area contributed by atoms with E-state index >= 15 is 0 Å². The van der Waals surface area contributed by atoms with Crippen LogP contribution in [0.1, 0.15) is 28.4 Å². The molecule has 0 bridgehead atoms. The van der Waals surface area contributed by atoms with Crippen LogP contribution in [0.15, 0.2) is 72.3 Å². The second kappa shape index (κ2) is 11.0. The molecule has 0 unspecified atom stereocenters. The van der Waals surface area contributed by atoms with Crippen LogP contribution in [0.25, 0.3) is 6.08 Å². The number of anilines is 1. The highest BCUT2D eigenvalue weighted by atomic mass is 35.5. The lowest BCUT2D eigenvalue weighted by molar-refractivity contribution is -0.112. The van der Waals surface area contributed by atoms with Crippen LogP contribution in [0.2, 0.25) is 5.02 Å². The SMILES string of the molecule is CCOc1cc(/C=C(\C#N)C(=O)Nc2cccc(Cl)c2)ccc1OC(=O)c1ccc(C)cc1. The van der Waals surface area contributed by atoms with Gasteiger partial charge in [0.05, 0.1) is 12.2 Å². The number of hydrogen-bond acceptors (Lipinski definition) is 5. The molecule has 0 atom stereocenters. The standard InChI is InChI=1S/C26H21ClN2O4/c1-3-32-24-14-18(9-12-23(24)33-26(31)19-10-7-17(2)8-11-19)13-20(16-28)25(30)29-22-6-4-5-21(27)15-22/h4-15H,3H2,1-2H3,(H,29,30)/b20-13+. The molecule has 1 amide bonds. The Hall–Kier alpha value is -4.08. The van der Waals surface area contributed by atoms with E-state index in [1.165, 1.54) is 6.08 Å². The molecule has 166 valence electrons. The van der Waals surface area contributed by atoms with Gasteiger partial charge in [-0.05, 0) is 68.0 Å². The largest absolute Gasteiger partial charge is 0.490 e. The van der Waals surface area contributed by atoms with E-state index in [1.807, 2.05) is 25.1 Å². The van der Waals surface area contributed by atoms with E-state index < -0.39 is 11.9 Å². The molecule has 6 nitrogen and oxygen atoms in total. The predicted octanol–water partition coefficient (Wildman–Crippen LogP) is 5.81. The number of amides is 1. The molecule has 0 aliphatic heterocycles. The number of aryl methyl sites for hydroxylation is 1. The number of nitrogens with one attached hydrogen (secondary N) is 1. The van der Waals surface area contributed by atoms with Crippen molar-refractivity contribution in [2.24, 2.45) is 0 Å². The van der Waals surface area contributed by atoms with Gasteiger partial charge in [-0.2, -0.15) is 5.26 Å². The maximum absolute atomic E-state index is 12.5. The molecule has 0 aliphatic rings. The Morgan fingerprint density at radius 2 is 1.82 bits per heavy atom. The Kier molecular flexibility index (Phi) is 7.85. The second-order valence-electron chi connectivity index (χ2n) is 7.03. The van der Waals surface area contributed by atoms with Gasteiger partial charge in [0.1, 0.15) is 11.6 Å². The van der Waals surface area contributed by atoms with Gasteiger partial charge in [0.25, 0.3) is 5.91 Å². The van der Waals surface area contributed by atoms with E-state index in [0.717, 1.165) is 5.56 Å². The first kappa shape index (κ1) is 23.6. The fraction of sp³-hybridized carbons (Fsp3) is 0.115. The van der Waals surface area contributed by atoms with Crippen LogP contribution in [-0.4, -0.2) is 18.5 Å². The van der Waals surface area contributed by atoms with Gasteiger partial charge in [-0.3, -0.25) is 4.79 Å². The van der Waals surface area contributed by atoms with Gasteiger partial charge in [-0.1, -0.05) is 41.4 Å². The number of nitrogens with zero attached hydrogens (tertiary/aromatic N) is 1. The molecule has 0 spiro atoms. The van der Waals surface area contributed by atoms with E-state index in [2.05, 4.69) is 5.32 Å². The maximum Gasteiger partial charge on any atom is 0.343 e. The summed E-state index contributed by atoms with van der Waals surface area (Å²) in [6, 6.07) is 20.3. The highest BCUT2D eigenvalue weighted by Gasteiger charge is 2.15. The normalized spacial score (nSPS) is 10.8. The first-order valence-corrected chi connectivity index (χ1v) is 10.5.